The van der Waals surface area contributed by atoms with Crippen LogP contribution in [0.25, 0.3) is 10.8 Å². The molecule has 2 aliphatic rings. The molecule has 2 heterocycles. The molecule has 3 aromatic carbocycles. The second kappa shape index (κ2) is 12.3. The summed E-state index contributed by atoms with van der Waals surface area (Å²) in [7, 11) is 0. The smallest absolute Gasteiger partial charge is 0.255 e. The Morgan fingerprint density at radius 2 is 1.88 bits per heavy atom. The summed E-state index contributed by atoms with van der Waals surface area (Å²) in [6.45, 7) is 14.9. The van der Waals surface area contributed by atoms with Crippen molar-refractivity contribution in [3.8, 4) is 11.5 Å². The van der Waals surface area contributed by atoms with Gasteiger partial charge in [-0.15, -0.1) is 0 Å². The van der Waals surface area contributed by atoms with Crippen molar-refractivity contribution in [2.45, 2.75) is 65.9 Å². The first kappa shape index (κ1) is 29.9. The SMILES string of the molecule is C=C1C=CC(CCCC(=O)c2ccc(O)cc2)=CN1/C=C(\C)C(=O)N1CC(C)c2c1cc(OC(C)C)c1cccc(C)c21. The molecular formula is C37H40N2O4. The molecule has 0 fully saturated rings. The first-order valence-corrected chi connectivity index (χ1v) is 14.9. The van der Waals surface area contributed by atoms with Crippen LogP contribution >= 0.6 is 0 Å². The molecule has 0 saturated carbocycles. The normalized spacial score (nSPS) is 16.6. The molecule has 0 spiro atoms. The lowest BCUT2D eigenvalue weighted by atomic mass is 9.92. The predicted octanol–water partition coefficient (Wildman–Crippen LogP) is 8.32. The molecular weight excluding hydrogens is 536 g/mol. The molecule has 0 saturated heterocycles. The van der Waals surface area contributed by atoms with Crippen molar-refractivity contribution in [1.82, 2.24) is 4.90 Å². The molecule has 5 rings (SSSR count). The van der Waals surface area contributed by atoms with E-state index in [-0.39, 0.29) is 29.5 Å². The fraction of sp³-hybridized carbons (Fsp3) is 0.297. The summed E-state index contributed by atoms with van der Waals surface area (Å²) in [5.74, 6) is 1.13. The van der Waals surface area contributed by atoms with E-state index in [1.807, 2.05) is 61.2 Å². The van der Waals surface area contributed by atoms with Gasteiger partial charge in [0.05, 0.1) is 11.8 Å². The fourth-order valence-electron chi connectivity index (χ4n) is 5.95. The van der Waals surface area contributed by atoms with Crippen LogP contribution < -0.4 is 9.64 Å². The number of nitrogens with zero attached hydrogens (tertiary/aromatic N) is 2. The van der Waals surface area contributed by atoms with Gasteiger partial charge in [0, 0.05) is 59.6 Å². The Bertz CT molecular complexity index is 1680. The summed E-state index contributed by atoms with van der Waals surface area (Å²) in [6, 6.07) is 14.7. The van der Waals surface area contributed by atoms with E-state index in [0.29, 0.717) is 36.9 Å². The van der Waals surface area contributed by atoms with Gasteiger partial charge in [-0.1, -0.05) is 37.8 Å². The van der Waals surface area contributed by atoms with Crippen LogP contribution in [0.3, 0.4) is 0 Å². The minimum Gasteiger partial charge on any atom is -0.508 e. The van der Waals surface area contributed by atoms with Gasteiger partial charge in [-0.05, 0) is 93.0 Å². The third-order valence-corrected chi connectivity index (χ3v) is 8.05. The van der Waals surface area contributed by atoms with Crippen LogP contribution in [0, 0.1) is 6.92 Å². The number of anilines is 1. The van der Waals surface area contributed by atoms with Gasteiger partial charge >= 0.3 is 0 Å². The molecule has 6 heteroatoms. The Kier molecular flexibility index (Phi) is 8.58. The minimum atomic E-state index is -0.0502. The van der Waals surface area contributed by atoms with Crippen molar-refractivity contribution in [3.05, 3.63) is 113 Å². The second-order valence-corrected chi connectivity index (χ2v) is 11.9. The van der Waals surface area contributed by atoms with Gasteiger partial charge in [-0.2, -0.15) is 0 Å². The average molecular weight is 577 g/mol. The number of Topliss-reactive ketones (excluding diaryl/α,β-unsaturated/α-hetero) is 1. The average Bonchev–Trinajstić information content (AvgIpc) is 3.30. The van der Waals surface area contributed by atoms with Crippen LogP contribution in [0.4, 0.5) is 5.69 Å². The van der Waals surface area contributed by atoms with E-state index in [1.54, 1.807) is 12.1 Å². The van der Waals surface area contributed by atoms with E-state index in [4.69, 9.17) is 4.74 Å². The number of rotatable bonds is 9. The van der Waals surface area contributed by atoms with Gasteiger partial charge in [0.15, 0.2) is 5.78 Å². The molecule has 0 aliphatic carbocycles. The Morgan fingerprint density at radius 3 is 2.60 bits per heavy atom. The van der Waals surface area contributed by atoms with Crippen molar-refractivity contribution in [1.29, 1.82) is 0 Å². The Balaban J connectivity index is 1.34. The van der Waals surface area contributed by atoms with Crippen molar-refractivity contribution in [2.75, 3.05) is 11.4 Å². The standard InChI is InChI=1S/C37H40N2O4/c1-23(2)43-34-19-32-36(35-24(3)9-7-11-31(34)35)25(4)21-39(32)37(42)26(5)20-38-22-28(14-13-27(38)6)10-8-12-33(41)29-15-17-30(40)18-16-29/h7,9,11,13-20,22-23,25,40H,6,8,10,12,21H2,1-5H3/b26-20+. The molecule has 1 N–H and O–H groups in total. The zero-order valence-corrected chi connectivity index (χ0v) is 25.7. The molecule has 1 amide bonds. The predicted molar refractivity (Wildman–Crippen MR) is 173 cm³/mol. The van der Waals surface area contributed by atoms with Crippen molar-refractivity contribution in [2.24, 2.45) is 0 Å². The lowest BCUT2D eigenvalue weighted by Crippen LogP contribution is -2.31. The number of hydrogen-bond donors (Lipinski definition) is 1. The van der Waals surface area contributed by atoms with Crippen LogP contribution in [0.15, 0.2) is 96.5 Å². The lowest BCUT2D eigenvalue weighted by Gasteiger charge is -2.24. The summed E-state index contributed by atoms with van der Waals surface area (Å²) < 4.78 is 6.24. The first-order valence-electron chi connectivity index (χ1n) is 14.9. The van der Waals surface area contributed by atoms with E-state index >= 15 is 0 Å². The first-order chi connectivity index (χ1) is 20.5. The molecule has 1 unspecified atom stereocenters. The zero-order valence-electron chi connectivity index (χ0n) is 25.7. The lowest BCUT2D eigenvalue weighted by molar-refractivity contribution is -0.115. The third kappa shape index (κ3) is 6.29. The number of ether oxygens (including phenoxy) is 1. The number of allylic oxidation sites excluding steroid dienone is 3. The van der Waals surface area contributed by atoms with Crippen molar-refractivity contribution >= 4 is 28.2 Å². The summed E-state index contributed by atoms with van der Waals surface area (Å²) in [5.41, 5.74) is 6.30. The highest BCUT2D eigenvalue weighted by Crippen LogP contribution is 2.46. The number of ketones is 1. The molecule has 0 bridgehead atoms. The number of hydrogen-bond acceptors (Lipinski definition) is 5. The Labute approximate surface area is 254 Å². The number of carbonyl (C=O) groups excluding carboxylic acids is 2. The van der Waals surface area contributed by atoms with E-state index in [1.165, 1.54) is 28.6 Å². The van der Waals surface area contributed by atoms with Crippen LogP contribution in [0.5, 0.6) is 11.5 Å². The van der Waals surface area contributed by atoms with Gasteiger partial charge in [-0.3, -0.25) is 9.59 Å². The fourth-order valence-corrected chi connectivity index (χ4v) is 5.95. The summed E-state index contributed by atoms with van der Waals surface area (Å²) in [6.07, 6.45) is 9.60. The Hall–Kier alpha value is -4.58. The summed E-state index contributed by atoms with van der Waals surface area (Å²) in [4.78, 5) is 30.2. The molecule has 43 heavy (non-hydrogen) atoms. The maximum absolute atomic E-state index is 13.9. The number of phenolic OH excluding ortho intramolecular Hbond substituents is 1. The zero-order chi connectivity index (χ0) is 30.8. The van der Waals surface area contributed by atoms with Crippen molar-refractivity contribution in [3.63, 3.8) is 0 Å². The molecule has 6 nitrogen and oxygen atoms in total. The van der Waals surface area contributed by atoms with Gasteiger partial charge in [0.2, 0.25) is 0 Å². The third-order valence-electron chi connectivity index (χ3n) is 8.05. The van der Waals surface area contributed by atoms with Crippen LogP contribution in [-0.4, -0.2) is 34.3 Å². The van der Waals surface area contributed by atoms with E-state index < -0.39 is 0 Å². The molecule has 1 atom stereocenters. The number of benzene rings is 3. The highest BCUT2D eigenvalue weighted by atomic mass is 16.5. The highest BCUT2D eigenvalue weighted by molar-refractivity contribution is 6.10. The van der Waals surface area contributed by atoms with Crippen LogP contribution in [-0.2, 0) is 4.79 Å². The minimum absolute atomic E-state index is 0.0106. The monoisotopic (exact) mass is 576 g/mol. The second-order valence-electron chi connectivity index (χ2n) is 11.9. The number of fused-ring (bicyclic) bond motifs is 3. The van der Waals surface area contributed by atoms with Crippen LogP contribution in [0.2, 0.25) is 0 Å². The molecule has 0 aromatic heterocycles. The van der Waals surface area contributed by atoms with Gasteiger partial charge in [0.25, 0.3) is 5.91 Å². The van der Waals surface area contributed by atoms with E-state index in [0.717, 1.165) is 28.1 Å². The molecule has 222 valence electrons. The largest absolute Gasteiger partial charge is 0.508 e. The summed E-state index contributed by atoms with van der Waals surface area (Å²) in [5, 5.41) is 11.7. The number of amides is 1. The quantitative estimate of drug-likeness (QED) is 0.205. The van der Waals surface area contributed by atoms with Gasteiger partial charge in [0.1, 0.15) is 11.5 Å². The summed E-state index contributed by atoms with van der Waals surface area (Å²) >= 11 is 0. The number of carbonyl (C=O) groups is 2. The number of aryl methyl sites for hydroxylation is 1. The highest BCUT2D eigenvalue weighted by Gasteiger charge is 2.34. The molecule has 3 aromatic rings. The van der Waals surface area contributed by atoms with E-state index in [9.17, 15) is 14.7 Å². The van der Waals surface area contributed by atoms with Crippen molar-refractivity contribution < 1.29 is 19.4 Å². The maximum atomic E-state index is 13.9. The number of aromatic hydroxyl groups is 1. The molecule has 0 radical (unpaired) electrons. The Morgan fingerprint density at radius 1 is 1.14 bits per heavy atom. The topological polar surface area (TPSA) is 70.1 Å². The van der Waals surface area contributed by atoms with Gasteiger partial charge < -0.3 is 19.6 Å². The number of phenols is 1. The van der Waals surface area contributed by atoms with Gasteiger partial charge in [-0.25, -0.2) is 0 Å². The maximum Gasteiger partial charge on any atom is 0.255 e. The molecule has 2 aliphatic heterocycles. The van der Waals surface area contributed by atoms with E-state index in [2.05, 4.69) is 38.6 Å². The van der Waals surface area contributed by atoms with Crippen LogP contribution in [0.1, 0.15) is 74.4 Å².